The summed E-state index contributed by atoms with van der Waals surface area (Å²) in [6.45, 7) is 5.37. The molecule has 0 unspecified atom stereocenters. The van der Waals surface area contributed by atoms with Crippen molar-refractivity contribution in [1.29, 1.82) is 0 Å². The Hall–Kier alpha value is -2.89. The van der Waals surface area contributed by atoms with E-state index in [4.69, 9.17) is 4.74 Å². The van der Waals surface area contributed by atoms with Crippen LogP contribution in [0.1, 0.15) is 31.1 Å². The van der Waals surface area contributed by atoms with E-state index in [1.807, 2.05) is 0 Å². The van der Waals surface area contributed by atoms with E-state index in [2.05, 4.69) is 15.6 Å². The van der Waals surface area contributed by atoms with Crippen LogP contribution in [-0.2, 0) is 4.74 Å². The molecule has 0 bridgehead atoms. The molecule has 2 amide bonds. The summed E-state index contributed by atoms with van der Waals surface area (Å²) in [7, 11) is 0. The minimum Gasteiger partial charge on any atom is -0.444 e. The van der Waals surface area contributed by atoms with Crippen LogP contribution in [0.5, 0.6) is 0 Å². The Morgan fingerprint density at radius 2 is 1.48 bits per heavy atom. The lowest BCUT2D eigenvalue weighted by atomic mass is 10.2. The van der Waals surface area contributed by atoms with E-state index < -0.39 is 11.7 Å². The third-order valence-corrected chi connectivity index (χ3v) is 2.73. The molecule has 120 valence electrons. The largest absolute Gasteiger partial charge is 0.444 e. The first-order valence-corrected chi connectivity index (χ1v) is 7.15. The number of aromatic nitrogens is 1. The number of anilines is 2. The quantitative estimate of drug-likeness (QED) is 0.905. The number of nitrogens with zero attached hydrogens (tertiary/aromatic N) is 1. The third kappa shape index (κ3) is 5.43. The summed E-state index contributed by atoms with van der Waals surface area (Å²) < 4.78 is 5.16. The summed E-state index contributed by atoms with van der Waals surface area (Å²) in [5.41, 5.74) is 1.14. The molecule has 0 aliphatic heterocycles. The van der Waals surface area contributed by atoms with Crippen LogP contribution in [0.15, 0.2) is 48.8 Å². The SMILES string of the molecule is CC(C)(C)OC(=O)Nc1ccc(C(=O)Nc2ccncc2)cc1. The van der Waals surface area contributed by atoms with Crippen LogP contribution in [0, 0.1) is 0 Å². The van der Waals surface area contributed by atoms with Crippen LogP contribution >= 0.6 is 0 Å². The molecule has 0 aliphatic rings. The fourth-order valence-corrected chi connectivity index (χ4v) is 1.76. The van der Waals surface area contributed by atoms with Crippen LogP contribution in [-0.4, -0.2) is 22.6 Å². The number of pyridine rings is 1. The highest BCUT2D eigenvalue weighted by Gasteiger charge is 2.16. The summed E-state index contributed by atoms with van der Waals surface area (Å²) in [6.07, 6.45) is 2.67. The Labute approximate surface area is 134 Å². The zero-order chi connectivity index (χ0) is 16.9. The molecular weight excluding hydrogens is 294 g/mol. The minimum absolute atomic E-state index is 0.236. The van der Waals surface area contributed by atoms with Gasteiger partial charge in [-0.3, -0.25) is 15.1 Å². The number of hydrogen-bond acceptors (Lipinski definition) is 4. The Morgan fingerprint density at radius 1 is 0.913 bits per heavy atom. The number of hydrogen-bond donors (Lipinski definition) is 2. The van der Waals surface area contributed by atoms with E-state index in [1.165, 1.54) is 0 Å². The molecule has 0 saturated heterocycles. The smallest absolute Gasteiger partial charge is 0.412 e. The molecule has 6 nitrogen and oxygen atoms in total. The molecule has 2 N–H and O–H groups in total. The maximum atomic E-state index is 12.1. The predicted molar refractivity (Wildman–Crippen MR) is 88.5 cm³/mol. The molecule has 0 fully saturated rings. The molecule has 6 heteroatoms. The lowest BCUT2D eigenvalue weighted by Crippen LogP contribution is -2.27. The van der Waals surface area contributed by atoms with Gasteiger partial charge in [0.05, 0.1) is 0 Å². The van der Waals surface area contributed by atoms with Gasteiger partial charge in [-0.25, -0.2) is 4.79 Å². The van der Waals surface area contributed by atoms with Gasteiger partial charge >= 0.3 is 6.09 Å². The summed E-state index contributed by atoms with van der Waals surface area (Å²) in [4.78, 5) is 27.6. The van der Waals surface area contributed by atoms with Crippen molar-refractivity contribution >= 4 is 23.4 Å². The Bertz CT molecular complexity index is 676. The van der Waals surface area contributed by atoms with Crippen molar-refractivity contribution in [2.75, 3.05) is 10.6 Å². The number of carbonyl (C=O) groups excluding carboxylic acids is 2. The van der Waals surface area contributed by atoms with Crippen molar-refractivity contribution in [2.45, 2.75) is 26.4 Å². The predicted octanol–water partition coefficient (Wildman–Crippen LogP) is 3.68. The van der Waals surface area contributed by atoms with Gasteiger partial charge in [-0.15, -0.1) is 0 Å². The van der Waals surface area contributed by atoms with Crippen molar-refractivity contribution in [3.8, 4) is 0 Å². The topological polar surface area (TPSA) is 80.3 Å². The second-order valence-corrected chi connectivity index (χ2v) is 5.89. The van der Waals surface area contributed by atoms with E-state index >= 15 is 0 Å². The van der Waals surface area contributed by atoms with Crippen molar-refractivity contribution in [2.24, 2.45) is 0 Å². The van der Waals surface area contributed by atoms with E-state index in [0.717, 1.165) is 0 Å². The zero-order valence-electron chi connectivity index (χ0n) is 13.3. The highest BCUT2D eigenvalue weighted by atomic mass is 16.6. The van der Waals surface area contributed by atoms with Crippen molar-refractivity contribution in [3.05, 3.63) is 54.4 Å². The highest BCUT2D eigenvalue weighted by molar-refractivity contribution is 6.04. The molecule has 0 atom stereocenters. The second kappa shape index (κ2) is 6.91. The third-order valence-electron chi connectivity index (χ3n) is 2.73. The number of rotatable bonds is 3. The van der Waals surface area contributed by atoms with Crippen LogP contribution < -0.4 is 10.6 Å². The van der Waals surface area contributed by atoms with Crippen molar-refractivity contribution in [1.82, 2.24) is 4.98 Å². The van der Waals surface area contributed by atoms with Gasteiger partial charge in [-0.2, -0.15) is 0 Å². The number of ether oxygens (including phenoxy) is 1. The minimum atomic E-state index is -0.561. The molecule has 0 aliphatic carbocycles. The average molecular weight is 313 g/mol. The van der Waals surface area contributed by atoms with Gasteiger partial charge in [0.2, 0.25) is 0 Å². The maximum absolute atomic E-state index is 12.1. The van der Waals surface area contributed by atoms with Gasteiger partial charge in [-0.05, 0) is 57.2 Å². The van der Waals surface area contributed by atoms with E-state index in [-0.39, 0.29) is 5.91 Å². The summed E-state index contributed by atoms with van der Waals surface area (Å²) in [5.74, 6) is -0.236. The first kappa shape index (κ1) is 16.5. The van der Waals surface area contributed by atoms with Crippen LogP contribution in [0.4, 0.5) is 16.2 Å². The highest BCUT2D eigenvalue weighted by Crippen LogP contribution is 2.14. The van der Waals surface area contributed by atoms with Crippen LogP contribution in [0.3, 0.4) is 0 Å². The monoisotopic (exact) mass is 313 g/mol. The molecule has 0 radical (unpaired) electrons. The summed E-state index contributed by atoms with van der Waals surface area (Å²) in [6, 6.07) is 9.95. The standard InChI is InChI=1S/C17H19N3O3/c1-17(2,3)23-16(22)20-13-6-4-12(5-7-13)15(21)19-14-8-10-18-11-9-14/h4-11H,1-3H3,(H,20,22)(H,18,19,21). The fourth-order valence-electron chi connectivity index (χ4n) is 1.76. The Morgan fingerprint density at radius 3 is 2.04 bits per heavy atom. The molecule has 1 aromatic carbocycles. The normalized spacial score (nSPS) is 10.7. The number of amides is 2. The number of carbonyl (C=O) groups is 2. The summed E-state index contributed by atoms with van der Waals surface area (Å²) in [5, 5.41) is 5.37. The lowest BCUT2D eigenvalue weighted by Gasteiger charge is -2.19. The van der Waals surface area contributed by atoms with Gasteiger partial charge in [0.25, 0.3) is 5.91 Å². The lowest BCUT2D eigenvalue weighted by molar-refractivity contribution is 0.0636. The molecule has 1 heterocycles. The maximum Gasteiger partial charge on any atom is 0.412 e. The zero-order valence-corrected chi connectivity index (χ0v) is 13.3. The molecular formula is C17H19N3O3. The second-order valence-electron chi connectivity index (χ2n) is 5.89. The Kier molecular flexibility index (Phi) is 4.95. The molecule has 2 aromatic rings. The number of nitrogens with one attached hydrogen (secondary N) is 2. The first-order valence-electron chi connectivity index (χ1n) is 7.15. The average Bonchev–Trinajstić information content (AvgIpc) is 2.47. The van der Waals surface area contributed by atoms with Crippen LogP contribution in [0.25, 0.3) is 0 Å². The Balaban J connectivity index is 1.96. The van der Waals surface area contributed by atoms with Crippen LogP contribution in [0.2, 0.25) is 0 Å². The van der Waals surface area contributed by atoms with Gasteiger partial charge in [0, 0.05) is 29.3 Å². The number of benzene rings is 1. The van der Waals surface area contributed by atoms with E-state index in [1.54, 1.807) is 69.6 Å². The fraction of sp³-hybridized carbons (Fsp3) is 0.235. The molecule has 23 heavy (non-hydrogen) atoms. The molecule has 0 spiro atoms. The van der Waals surface area contributed by atoms with Gasteiger partial charge in [-0.1, -0.05) is 0 Å². The van der Waals surface area contributed by atoms with Crippen molar-refractivity contribution < 1.29 is 14.3 Å². The van der Waals surface area contributed by atoms with Gasteiger partial charge in [0.1, 0.15) is 5.60 Å². The molecule has 2 rings (SSSR count). The van der Waals surface area contributed by atoms with Gasteiger partial charge in [0.15, 0.2) is 0 Å². The molecule has 1 aromatic heterocycles. The van der Waals surface area contributed by atoms with E-state index in [9.17, 15) is 9.59 Å². The van der Waals surface area contributed by atoms with Crippen molar-refractivity contribution in [3.63, 3.8) is 0 Å². The molecule has 0 saturated carbocycles. The first-order chi connectivity index (χ1) is 10.8. The van der Waals surface area contributed by atoms with E-state index in [0.29, 0.717) is 16.9 Å². The van der Waals surface area contributed by atoms with Gasteiger partial charge < -0.3 is 10.1 Å². The summed E-state index contributed by atoms with van der Waals surface area (Å²) >= 11 is 0.